The van der Waals surface area contributed by atoms with E-state index < -0.39 is 171 Å². The summed E-state index contributed by atoms with van der Waals surface area (Å²) in [5.41, 5.74) is 20.3. The van der Waals surface area contributed by atoms with E-state index in [-0.39, 0.29) is 62.2 Å². The smallest absolute Gasteiger partial charge is 0.407 e. The van der Waals surface area contributed by atoms with Gasteiger partial charge in [-0.1, -0.05) is 48.5 Å². The van der Waals surface area contributed by atoms with Gasteiger partial charge in [0.1, 0.15) is 54.9 Å². The van der Waals surface area contributed by atoms with Gasteiger partial charge in [0.25, 0.3) is 0 Å². The number of thioether (sulfide) groups is 1. The Hall–Kier alpha value is -9.82. The average Bonchev–Trinajstić information content (AvgIpc) is 1.73. The number of aliphatic carboxylic acids is 4. The molecule has 9 amide bonds. The first kappa shape index (κ1) is 69.7. The summed E-state index contributed by atoms with van der Waals surface area (Å²) in [6.45, 7) is 0.884. The second-order valence-corrected chi connectivity index (χ2v) is 20.9. The summed E-state index contributed by atoms with van der Waals surface area (Å²) < 4.78 is 5.58. The minimum absolute atomic E-state index is 0.00156. The van der Waals surface area contributed by atoms with Crippen LogP contribution in [0.5, 0.6) is 0 Å². The SMILES string of the molecule is CSCC[C@H](NC(=O)[C@H](CCC(=O)O)NC(=O)[C@H](CCC(=O)O)NC(=O)OCC1c2ccccc2-c2ccccc21)C(=O)N[C@@H](CCC(N)=O)C(=O)N[C@@H](CCCN=C(N)N)C(=O)N[C@@H](Cc1cnc[nH]1)C(=O)N[C@@H](C)C(=O)N[C@@H](CC(=O)O)C(=O)O. The number of benzene rings is 2. The summed E-state index contributed by atoms with van der Waals surface area (Å²) in [5, 5.41) is 56.6. The minimum Gasteiger partial charge on any atom is -0.481 e. The molecule has 3 aromatic rings. The van der Waals surface area contributed by atoms with Gasteiger partial charge in [-0.3, -0.25) is 57.7 Å². The fraction of sp³-hybridized carbons (Fsp3) is 0.463. The van der Waals surface area contributed by atoms with Crippen LogP contribution in [0, 0.1) is 0 Å². The lowest BCUT2D eigenvalue weighted by atomic mass is 9.98. The van der Waals surface area contributed by atoms with Gasteiger partial charge in [-0.05, 0) is 79.7 Å². The summed E-state index contributed by atoms with van der Waals surface area (Å²) in [6.07, 6.45) is -2.10. The Kier molecular flexibility index (Phi) is 27.9. The number of primary amides is 1. The monoisotopic (exact) mass is 1240 g/mol. The number of imidazole rings is 1. The van der Waals surface area contributed by atoms with Gasteiger partial charge in [-0.2, -0.15) is 11.8 Å². The van der Waals surface area contributed by atoms with Crippen molar-refractivity contribution in [1.29, 1.82) is 0 Å². The molecule has 1 aliphatic carbocycles. The van der Waals surface area contributed by atoms with Crippen molar-refractivity contribution in [3.63, 3.8) is 0 Å². The standard InChI is InChI=1S/C54H72N14O18S/c1-27(45(76)67-40(52(83)84)23-44(74)75)61-51(82)39(22-28-24-58-26-60-28)66-46(77)34(12-7-20-59-53(56)57)62-47(78)35(13-16-41(55)69)63-50(81)38(19-21-87-2)65-48(79)36(14-17-42(70)71)64-49(80)37(15-18-43(72)73)68-54(85)86-25-33-31-10-5-3-8-29(31)30-9-4-6-11-32(30)33/h3-6,8-11,24,26-27,33-40H,7,12-23,25H2,1-2H3,(H2,55,69)(H,58,60)(H,61,82)(H,62,78)(H,63,81)(H,64,80)(H,65,79)(H,66,77)(H,67,76)(H,68,85)(H,70,71)(H,72,73)(H,74,75)(H,83,84)(H4,56,57,59)/t27-,34-,35-,36-,37-,38-,39-,40-/m0/s1. The number of rotatable bonds is 38. The van der Waals surface area contributed by atoms with Crippen molar-refractivity contribution in [2.45, 2.75) is 132 Å². The van der Waals surface area contributed by atoms with Crippen molar-refractivity contribution in [2.24, 2.45) is 22.2 Å². The van der Waals surface area contributed by atoms with E-state index in [0.717, 1.165) is 29.2 Å². The van der Waals surface area contributed by atoms with Gasteiger partial charge in [0.05, 0.1) is 12.7 Å². The molecule has 87 heavy (non-hydrogen) atoms. The van der Waals surface area contributed by atoms with E-state index in [0.29, 0.717) is 0 Å². The Morgan fingerprint density at radius 2 is 1.05 bits per heavy atom. The number of fused-ring (bicyclic) bond motifs is 3. The number of carbonyl (C=O) groups is 13. The largest absolute Gasteiger partial charge is 0.481 e. The zero-order valence-corrected chi connectivity index (χ0v) is 48.2. The van der Waals surface area contributed by atoms with E-state index in [4.69, 9.17) is 27.0 Å². The van der Waals surface area contributed by atoms with E-state index in [1.807, 2.05) is 53.8 Å². The fourth-order valence-corrected chi connectivity index (χ4v) is 9.40. The summed E-state index contributed by atoms with van der Waals surface area (Å²) in [4.78, 5) is 180. The van der Waals surface area contributed by atoms with Crippen molar-refractivity contribution in [1.82, 2.24) is 52.5 Å². The first-order valence-corrected chi connectivity index (χ1v) is 28.6. The van der Waals surface area contributed by atoms with Crippen LogP contribution in [-0.4, -0.2) is 187 Å². The predicted octanol–water partition coefficient (Wildman–Crippen LogP) is -2.37. The molecule has 1 heterocycles. The highest BCUT2D eigenvalue weighted by Crippen LogP contribution is 2.44. The van der Waals surface area contributed by atoms with Crippen LogP contribution in [0.2, 0.25) is 0 Å². The van der Waals surface area contributed by atoms with Gasteiger partial charge in [0.15, 0.2) is 5.96 Å². The van der Waals surface area contributed by atoms with Crippen LogP contribution >= 0.6 is 11.8 Å². The van der Waals surface area contributed by atoms with Crippen molar-refractivity contribution in [2.75, 3.05) is 25.2 Å². The Labute approximate surface area is 501 Å². The summed E-state index contributed by atoms with van der Waals surface area (Å²) >= 11 is 1.23. The van der Waals surface area contributed by atoms with Gasteiger partial charge >= 0.3 is 30.0 Å². The van der Waals surface area contributed by atoms with Crippen LogP contribution in [0.3, 0.4) is 0 Å². The number of hydrogen-bond acceptors (Lipinski definition) is 17. The number of aromatic nitrogens is 2. The maximum absolute atomic E-state index is 14.3. The molecule has 0 radical (unpaired) electrons. The molecule has 0 saturated heterocycles. The topological polar surface area (TPSA) is 527 Å². The third-order valence-electron chi connectivity index (χ3n) is 13.4. The van der Waals surface area contributed by atoms with Crippen LogP contribution < -0.4 is 59.7 Å². The molecule has 472 valence electrons. The molecule has 0 spiro atoms. The van der Waals surface area contributed by atoms with Crippen molar-refractivity contribution < 1.29 is 87.5 Å². The van der Waals surface area contributed by atoms with Crippen LogP contribution in [0.25, 0.3) is 11.1 Å². The Bertz CT molecular complexity index is 2950. The molecule has 0 unspecified atom stereocenters. The van der Waals surface area contributed by atoms with Crippen LogP contribution in [0.15, 0.2) is 66.0 Å². The Morgan fingerprint density at radius 1 is 0.586 bits per heavy atom. The van der Waals surface area contributed by atoms with E-state index in [1.165, 1.54) is 24.3 Å². The number of guanidine groups is 1. The van der Waals surface area contributed by atoms with E-state index >= 15 is 0 Å². The Balaban J connectivity index is 1.55. The third-order valence-corrected chi connectivity index (χ3v) is 14.0. The zero-order chi connectivity index (χ0) is 64.3. The van der Waals surface area contributed by atoms with Gasteiger partial charge in [0, 0.05) is 50.0 Å². The van der Waals surface area contributed by atoms with Crippen molar-refractivity contribution in [3.8, 4) is 11.1 Å². The predicted molar refractivity (Wildman–Crippen MR) is 308 cm³/mol. The Morgan fingerprint density at radius 3 is 1.51 bits per heavy atom. The summed E-state index contributed by atoms with van der Waals surface area (Å²) in [5.74, 6) is -15.0. The molecule has 1 aliphatic rings. The fourth-order valence-electron chi connectivity index (χ4n) is 8.93. The zero-order valence-electron chi connectivity index (χ0n) is 47.4. The molecule has 8 atom stereocenters. The number of amides is 9. The number of ether oxygens (including phenoxy) is 1. The number of hydrogen-bond donors (Lipinski definition) is 16. The van der Waals surface area contributed by atoms with Crippen molar-refractivity contribution >= 4 is 94.9 Å². The number of nitrogens with zero attached hydrogens (tertiary/aromatic N) is 2. The van der Waals surface area contributed by atoms with Gasteiger partial charge < -0.3 is 89.9 Å². The van der Waals surface area contributed by atoms with E-state index in [9.17, 15) is 77.6 Å². The third kappa shape index (κ3) is 23.3. The molecule has 32 nitrogen and oxygen atoms in total. The minimum atomic E-state index is -1.87. The first-order valence-electron chi connectivity index (χ1n) is 27.2. The summed E-state index contributed by atoms with van der Waals surface area (Å²) in [7, 11) is 0. The number of H-pyrrole nitrogens is 1. The molecule has 4 rings (SSSR count). The van der Waals surface area contributed by atoms with Gasteiger partial charge in [-0.15, -0.1) is 0 Å². The number of nitrogens with one attached hydrogen (secondary N) is 9. The highest BCUT2D eigenvalue weighted by atomic mass is 32.2. The second kappa shape index (κ2) is 34.8. The molecular formula is C54H72N14O18S. The normalized spacial score (nSPS) is 14.1. The molecule has 0 bridgehead atoms. The van der Waals surface area contributed by atoms with Crippen LogP contribution in [0.4, 0.5) is 4.79 Å². The number of aromatic amines is 1. The number of nitrogens with two attached hydrogens (primary N) is 3. The molecule has 2 aromatic carbocycles. The van der Waals surface area contributed by atoms with Crippen LogP contribution in [-0.2, 0) is 68.7 Å². The van der Waals surface area contributed by atoms with Crippen molar-refractivity contribution in [3.05, 3.63) is 77.9 Å². The van der Waals surface area contributed by atoms with Gasteiger partial charge in [-0.25, -0.2) is 14.6 Å². The van der Waals surface area contributed by atoms with Crippen LogP contribution in [0.1, 0.15) is 93.9 Å². The second-order valence-electron chi connectivity index (χ2n) is 19.9. The molecule has 1 aromatic heterocycles. The average molecular weight is 1240 g/mol. The maximum atomic E-state index is 14.3. The first-order chi connectivity index (χ1) is 41.3. The number of alkyl carbamates (subject to hydrolysis) is 1. The highest BCUT2D eigenvalue weighted by Gasteiger charge is 2.36. The van der Waals surface area contributed by atoms with Gasteiger partial charge in [0.2, 0.25) is 47.3 Å². The number of carboxylic acid groups (broad SMARTS) is 4. The molecule has 0 fully saturated rings. The molecule has 19 N–H and O–H groups in total. The molecule has 33 heteroatoms. The lowest BCUT2D eigenvalue weighted by molar-refractivity contribution is -0.147. The number of aliphatic imine (C=N–C) groups is 1. The van der Waals surface area contributed by atoms with E-state index in [2.05, 4.69) is 52.2 Å². The van der Waals surface area contributed by atoms with E-state index in [1.54, 1.807) is 6.26 Å². The molecule has 0 saturated carbocycles. The quantitative estimate of drug-likeness (QED) is 0.0162. The lowest BCUT2D eigenvalue weighted by Crippen LogP contribution is -2.60. The number of carboxylic acids is 4. The lowest BCUT2D eigenvalue weighted by Gasteiger charge is -2.28. The molecule has 0 aliphatic heterocycles. The molecular weight excluding hydrogens is 1160 g/mol. The summed E-state index contributed by atoms with van der Waals surface area (Å²) in [6, 6.07) is 1.81. The maximum Gasteiger partial charge on any atom is 0.407 e. The highest BCUT2D eigenvalue weighted by molar-refractivity contribution is 7.98. The number of carbonyl (C=O) groups excluding carboxylic acids is 9.